The quantitative estimate of drug-likeness (QED) is 0.828. The van der Waals surface area contributed by atoms with Gasteiger partial charge in [-0.05, 0) is 29.1 Å². The first-order chi connectivity index (χ1) is 11.5. The molecule has 1 aliphatic rings. The number of alkyl halides is 2. The molecule has 1 fully saturated rings. The molecular weight excluding hydrogens is 341 g/mol. The Morgan fingerprint density at radius 3 is 2.75 bits per heavy atom. The third kappa shape index (κ3) is 3.14. The maximum Gasteiger partial charge on any atom is 0.272 e. The van der Waals surface area contributed by atoms with Crippen molar-refractivity contribution in [2.75, 3.05) is 11.9 Å². The maximum atomic E-state index is 13.6. The van der Waals surface area contributed by atoms with Crippen molar-refractivity contribution in [1.82, 2.24) is 5.32 Å². The fourth-order valence-electron chi connectivity index (χ4n) is 2.68. The zero-order valence-corrected chi connectivity index (χ0v) is 13.1. The first kappa shape index (κ1) is 16.5. The Balaban J connectivity index is 1.82. The third-order valence-electron chi connectivity index (χ3n) is 3.88. The number of amides is 2. The zero-order chi connectivity index (χ0) is 17.3. The van der Waals surface area contributed by atoms with Crippen molar-refractivity contribution in [2.45, 2.75) is 12.3 Å². The number of anilines is 1. The van der Waals surface area contributed by atoms with Gasteiger partial charge in [-0.25, -0.2) is 13.2 Å². The van der Waals surface area contributed by atoms with Crippen LogP contribution in [0.15, 0.2) is 35.7 Å². The molecule has 2 aromatic rings. The van der Waals surface area contributed by atoms with Crippen LogP contribution in [-0.2, 0) is 9.59 Å². The number of carbonyl (C=O) groups is 2. The van der Waals surface area contributed by atoms with Gasteiger partial charge in [-0.15, -0.1) is 11.3 Å². The van der Waals surface area contributed by atoms with Crippen LogP contribution < -0.4 is 10.6 Å². The van der Waals surface area contributed by atoms with Crippen molar-refractivity contribution in [3.63, 3.8) is 0 Å². The third-order valence-corrected chi connectivity index (χ3v) is 4.84. The van der Waals surface area contributed by atoms with Crippen LogP contribution in [0.3, 0.4) is 0 Å². The van der Waals surface area contributed by atoms with Crippen LogP contribution in [0, 0.1) is 11.7 Å². The molecule has 1 aromatic carbocycles. The van der Waals surface area contributed by atoms with E-state index in [2.05, 4.69) is 10.6 Å². The fraction of sp³-hybridized carbons (Fsp3) is 0.250. The molecule has 2 amide bonds. The number of para-hydroxylation sites is 1. The highest BCUT2D eigenvalue weighted by atomic mass is 32.1. The van der Waals surface area contributed by atoms with E-state index in [1.807, 2.05) is 0 Å². The molecule has 3 rings (SSSR count). The van der Waals surface area contributed by atoms with Crippen LogP contribution in [0.4, 0.5) is 18.9 Å². The number of halogens is 3. The molecule has 2 atom stereocenters. The highest BCUT2D eigenvalue weighted by Crippen LogP contribution is 2.35. The van der Waals surface area contributed by atoms with Crippen LogP contribution in [0.5, 0.6) is 0 Å². The molecule has 0 unspecified atom stereocenters. The summed E-state index contributed by atoms with van der Waals surface area (Å²) in [6, 6.07) is 6.92. The molecule has 0 spiro atoms. The summed E-state index contributed by atoms with van der Waals surface area (Å²) in [6.07, 6.45) is -2.60. The number of thiophene rings is 1. The Bertz CT molecular complexity index is 778. The molecule has 126 valence electrons. The Morgan fingerprint density at radius 2 is 2.08 bits per heavy atom. The first-order valence-corrected chi connectivity index (χ1v) is 8.05. The summed E-state index contributed by atoms with van der Waals surface area (Å²) >= 11 is 0.885. The lowest BCUT2D eigenvalue weighted by Crippen LogP contribution is -2.32. The molecule has 0 bridgehead atoms. The van der Waals surface area contributed by atoms with Gasteiger partial charge < -0.3 is 10.6 Å². The molecule has 24 heavy (non-hydrogen) atoms. The summed E-state index contributed by atoms with van der Waals surface area (Å²) in [7, 11) is 0. The molecular formula is C16H13F3N2O2S. The van der Waals surface area contributed by atoms with Gasteiger partial charge in [0.1, 0.15) is 11.7 Å². The van der Waals surface area contributed by atoms with E-state index < -0.39 is 35.9 Å². The van der Waals surface area contributed by atoms with Crippen LogP contribution in [0.2, 0.25) is 0 Å². The second-order valence-corrected chi connectivity index (χ2v) is 6.32. The average molecular weight is 354 g/mol. The summed E-state index contributed by atoms with van der Waals surface area (Å²) in [5.41, 5.74) is 0.474. The fourth-order valence-corrected chi connectivity index (χ4v) is 3.51. The summed E-state index contributed by atoms with van der Waals surface area (Å²) in [5.74, 6) is -3.43. The number of hydrogen-bond donors (Lipinski definition) is 2. The van der Waals surface area contributed by atoms with Crippen molar-refractivity contribution in [2.24, 2.45) is 5.92 Å². The van der Waals surface area contributed by atoms with Crippen LogP contribution in [0.1, 0.15) is 22.8 Å². The smallest absolute Gasteiger partial charge is 0.272 e. The summed E-state index contributed by atoms with van der Waals surface area (Å²) in [6.45, 7) is 0.174. The van der Waals surface area contributed by atoms with Gasteiger partial charge in [0.25, 0.3) is 6.43 Å². The number of carbonyl (C=O) groups excluding carboxylic acids is 2. The predicted octanol–water partition coefficient (Wildman–Crippen LogP) is 3.29. The van der Waals surface area contributed by atoms with Crippen molar-refractivity contribution >= 4 is 28.8 Å². The number of benzene rings is 1. The molecule has 1 saturated heterocycles. The van der Waals surface area contributed by atoms with Crippen molar-refractivity contribution < 1.29 is 22.8 Å². The SMILES string of the molecule is O=C1NC[C@H](c2csc(C(F)F)c2)[C@H]1C(=O)Nc1ccccc1F. The van der Waals surface area contributed by atoms with E-state index in [9.17, 15) is 22.8 Å². The van der Waals surface area contributed by atoms with Crippen molar-refractivity contribution in [3.8, 4) is 0 Å². The zero-order valence-electron chi connectivity index (χ0n) is 12.3. The van der Waals surface area contributed by atoms with Gasteiger partial charge >= 0.3 is 0 Å². The normalized spacial score (nSPS) is 20.2. The first-order valence-electron chi connectivity index (χ1n) is 7.17. The largest absolute Gasteiger partial charge is 0.355 e. The second kappa shape index (κ2) is 6.64. The molecule has 1 aromatic heterocycles. The van der Waals surface area contributed by atoms with Gasteiger partial charge in [-0.2, -0.15) is 0 Å². The Kier molecular flexibility index (Phi) is 4.57. The lowest BCUT2D eigenvalue weighted by atomic mass is 9.89. The van der Waals surface area contributed by atoms with Crippen LogP contribution in [-0.4, -0.2) is 18.4 Å². The van der Waals surface area contributed by atoms with E-state index in [1.165, 1.54) is 29.6 Å². The van der Waals surface area contributed by atoms with Gasteiger partial charge in [-0.1, -0.05) is 12.1 Å². The average Bonchev–Trinajstić information content (AvgIpc) is 3.16. The monoisotopic (exact) mass is 354 g/mol. The van der Waals surface area contributed by atoms with E-state index in [0.29, 0.717) is 5.56 Å². The molecule has 4 nitrogen and oxygen atoms in total. The van der Waals surface area contributed by atoms with Gasteiger partial charge in [0.05, 0.1) is 10.6 Å². The summed E-state index contributed by atoms with van der Waals surface area (Å²) < 4.78 is 39.1. The minimum absolute atomic E-state index is 0.0282. The molecule has 2 N–H and O–H groups in total. The predicted molar refractivity (Wildman–Crippen MR) is 83.5 cm³/mol. The van der Waals surface area contributed by atoms with Gasteiger partial charge in [0.2, 0.25) is 11.8 Å². The maximum absolute atomic E-state index is 13.6. The Hall–Kier alpha value is -2.35. The number of nitrogens with one attached hydrogen (secondary N) is 2. The van der Waals surface area contributed by atoms with Gasteiger partial charge in [-0.3, -0.25) is 9.59 Å². The highest BCUT2D eigenvalue weighted by molar-refractivity contribution is 7.10. The number of hydrogen-bond acceptors (Lipinski definition) is 3. The second-order valence-electron chi connectivity index (χ2n) is 5.38. The number of rotatable bonds is 4. The Morgan fingerprint density at radius 1 is 1.33 bits per heavy atom. The lowest BCUT2D eigenvalue weighted by molar-refractivity contribution is -0.130. The van der Waals surface area contributed by atoms with E-state index >= 15 is 0 Å². The molecule has 0 aliphatic carbocycles. The minimum Gasteiger partial charge on any atom is -0.355 e. The highest BCUT2D eigenvalue weighted by Gasteiger charge is 2.41. The van der Waals surface area contributed by atoms with E-state index in [1.54, 1.807) is 6.07 Å². The van der Waals surface area contributed by atoms with Gasteiger partial charge in [0.15, 0.2) is 0 Å². The molecule has 0 radical (unpaired) electrons. The van der Waals surface area contributed by atoms with Crippen LogP contribution >= 0.6 is 11.3 Å². The molecule has 1 aliphatic heterocycles. The molecule has 0 saturated carbocycles. The molecule has 8 heteroatoms. The van der Waals surface area contributed by atoms with Gasteiger partial charge in [0, 0.05) is 12.5 Å². The van der Waals surface area contributed by atoms with E-state index in [0.717, 1.165) is 11.3 Å². The van der Waals surface area contributed by atoms with E-state index in [4.69, 9.17) is 0 Å². The molecule has 2 heterocycles. The standard InChI is InChI=1S/C16H13F3N2O2S/c17-10-3-1-2-4-11(10)21-16(23)13-9(6-20-15(13)22)8-5-12(14(18)19)24-7-8/h1-5,7,9,13-14H,6H2,(H,20,22)(H,21,23)/t9-,13-/m1/s1. The van der Waals surface area contributed by atoms with Crippen molar-refractivity contribution in [1.29, 1.82) is 0 Å². The van der Waals surface area contributed by atoms with Crippen molar-refractivity contribution in [3.05, 3.63) is 52.0 Å². The minimum atomic E-state index is -2.60. The lowest BCUT2D eigenvalue weighted by Gasteiger charge is -2.16. The topological polar surface area (TPSA) is 58.2 Å². The summed E-state index contributed by atoms with van der Waals surface area (Å²) in [5, 5.41) is 6.48. The Labute approximate surface area is 139 Å². The van der Waals surface area contributed by atoms with E-state index in [-0.39, 0.29) is 17.1 Å². The summed E-state index contributed by atoms with van der Waals surface area (Å²) in [4.78, 5) is 24.3. The van der Waals surface area contributed by atoms with Crippen LogP contribution in [0.25, 0.3) is 0 Å².